The molecule has 1 heterocycles. The van der Waals surface area contributed by atoms with Crippen molar-refractivity contribution in [2.75, 3.05) is 32.4 Å². The number of hydrogen-bond acceptors (Lipinski definition) is 3. The summed E-state index contributed by atoms with van der Waals surface area (Å²) in [7, 11) is 1.84. The first-order chi connectivity index (χ1) is 9.44. The van der Waals surface area contributed by atoms with Gasteiger partial charge in [0.15, 0.2) is 5.96 Å². The van der Waals surface area contributed by atoms with Gasteiger partial charge in [-0.05, 0) is 26.7 Å². The van der Waals surface area contributed by atoms with E-state index in [4.69, 9.17) is 0 Å². The van der Waals surface area contributed by atoms with Gasteiger partial charge in [0.2, 0.25) is 0 Å². The van der Waals surface area contributed by atoms with Crippen LogP contribution in [0.2, 0.25) is 0 Å². The molecule has 2 rings (SSSR count). The number of nitrogens with one attached hydrogen (secondary N) is 1. The predicted octanol–water partition coefficient (Wildman–Crippen LogP) is 2.70. The number of aliphatic imine (C=N–C) groups is 1. The average molecular weight is 427 g/mol. The van der Waals surface area contributed by atoms with E-state index in [0.717, 1.165) is 50.5 Å². The van der Waals surface area contributed by atoms with Crippen molar-refractivity contribution in [3.05, 3.63) is 0 Å². The molecule has 2 aliphatic rings. The fraction of sp³-hybridized carbons (Fsp3) is 0.933. The standard InChI is InChI=1S/C15H29N3OS.HI/c1-14(2)12-18(9-10-20-14)13(16-3)17-11-15(19)7-5-4-6-8-15;/h19H,4-12H2,1-3H3,(H,16,17);1H. The summed E-state index contributed by atoms with van der Waals surface area (Å²) in [5.74, 6) is 2.08. The second-order valence-corrected chi connectivity index (χ2v) is 8.52. The highest BCUT2D eigenvalue weighted by Gasteiger charge is 2.32. The van der Waals surface area contributed by atoms with Gasteiger partial charge in [0.05, 0.1) is 5.60 Å². The van der Waals surface area contributed by atoms with E-state index in [1.54, 1.807) is 0 Å². The van der Waals surface area contributed by atoms with Crippen LogP contribution in [0.5, 0.6) is 0 Å². The Morgan fingerprint density at radius 1 is 1.29 bits per heavy atom. The Bertz CT molecular complexity index is 357. The summed E-state index contributed by atoms with van der Waals surface area (Å²) in [6.07, 6.45) is 5.37. The minimum absolute atomic E-state index is 0. The fourth-order valence-corrected chi connectivity index (χ4v) is 4.27. The SMILES string of the molecule is CN=C(NCC1(O)CCCCC1)N1CCSC(C)(C)C1.I. The van der Waals surface area contributed by atoms with Crippen molar-refractivity contribution in [1.29, 1.82) is 0 Å². The molecule has 0 aromatic heterocycles. The molecule has 0 aromatic carbocycles. The fourth-order valence-electron chi connectivity index (χ4n) is 3.16. The first-order valence-electron chi connectivity index (χ1n) is 7.76. The molecule has 6 heteroatoms. The van der Waals surface area contributed by atoms with Gasteiger partial charge in [-0.1, -0.05) is 19.3 Å². The predicted molar refractivity (Wildman–Crippen MR) is 103 cm³/mol. The van der Waals surface area contributed by atoms with Crippen LogP contribution in [0.15, 0.2) is 4.99 Å². The number of hydrogen-bond donors (Lipinski definition) is 2. The number of halogens is 1. The van der Waals surface area contributed by atoms with Crippen LogP contribution in [0.25, 0.3) is 0 Å². The van der Waals surface area contributed by atoms with Crippen LogP contribution in [-0.2, 0) is 0 Å². The smallest absolute Gasteiger partial charge is 0.193 e. The molecular weight excluding hydrogens is 397 g/mol. The Morgan fingerprint density at radius 3 is 2.52 bits per heavy atom. The molecule has 1 saturated carbocycles. The van der Waals surface area contributed by atoms with Gasteiger partial charge in [0.25, 0.3) is 0 Å². The van der Waals surface area contributed by atoms with Crippen LogP contribution < -0.4 is 5.32 Å². The van der Waals surface area contributed by atoms with Crippen molar-refractivity contribution >= 4 is 41.7 Å². The first-order valence-corrected chi connectivity index (χ1v) is 8.75. The number of thioether (sulfide) groups is 1. The second-order valence-electron chi connectivity index (χ2n) is 6.72. The van der Waals surface area contributed by atoms with E-state index < -0.39 is 5.60 Å². The lowest BCUT2D eigenvalue weighted by atomic mass is 9.85. The summed E-state index contributed by atoms with van der Waals surface area (Å²) in [5, 5.41) is 14.0. The lowest BCUT2D eigenvalue weighted by Crippen LogP contribution is -2.54. The van der Waals surface area contributed by atoms with Gasteiger partial charge in [0.1, 0.15) is 0 Å². The lowest BCUT2D eigenvalue weighted by Gasteiger charge is -2.40. The maximum Gasteiger partial charge on any atom is 0.193 e. The molecule has 1 saturated heterocycles. The number of guanidine groups is 1. The molecule has 1 aliphatic carbocycles. The quantitative estimate of drug-likeness (QED) is 0.404. The molecule has 0 unspecified atom stereocenters. The van der Waals surface area contributed by atoms with E-state index in [1.807, 2.05) is 18.8 Å². The summed E-state index contributed by atoms with van der Waals surface area (Å²) in [6.45, 7) is 7.24. The van der Waals surface area contributed by atoms with Crippen LogP contribution >= 0.6 is 35.7 Å². The molecule has 0 radical (unpaired) electrons. The highest BCUT2D eigenvalue weighted by Crippen LogP contribution is 2.30. The zero-order chi connectivity index (χ0) is 14.6. The van der Waals surface area contributed by atoms with Crippen LogP contribution in [0, 0.1) is 0 Å². The summed E-state index contributed by atoms with van der Waals surface area (Å²) in [4.78, 5) is 6.73. The monoisotopic (exact) mass is 427 g/mol. The molecular formula is C15H30IN3OS. The zero-order valence-electron chi connectivity index (χ0n) is 13.5. The van der Waals surface area contributed by atoms with E-state index >= 15 is 0 Å². The van der Waals surface area contributed by atoms with E-state index in [-0.39, 0.29) is 28.7 Å². The number of rotatable bonds is 2. The topological polar surface area (TPSA) is 47.9 Å². The average Bonchev–Trinajstić information content (AvgIpc) is 2.39. The first kappa shape index (κ1) is 19.4. The lowest BCUT2D eigenvalue weighted by molar-refractivity contribution is 0.00811. The molecule has 21 heavy (non-hydrogen) atoms. The molecule has 0 spiro atoms. The number of nitrogens with zero attached hydrogens (tertiary/aromatic N) is 2. The Morgan fingerprint density at radius 2 is 1.95 bits per heavy atom. The van der Waals surface area contributed by atoms with Crippen molar-refractivity contribution in [2.24, 2.45) is 4.99 Å². The minimum Gasteiger partial charge on any atom is -0.388 e. The van der Waals surface area contributed by atoms with Gasteiger partial charge in [0, 0.05) is 37.2 Å². The van der Waals surface area contributed by atoms with E-state index in [0.29, 0.717) is 6.54 Å². The molecule has 2 fully saturated rings. The molecule has 0 aromatic rings. The molecule has 0 atom stereocenters. The molecule has 1 aliphatic heterocycles. The third kappa shape index (κ3) is 5.78. The van der Waals surface area contributed by atoms with Crippen molar-refractivity contribution < 1.29 is 5.11 Å². The highest BCUT2D eigenvalue weighted by atomic mass is 127. The molecule has 0 amide bonds. The van der Waals surface area contributed by atoms with Crippen molar-refractivity contribution in [3.8, 4) is 0 Å². The van der Waals surface area contributed by atoms with Crippen molar-refractivity contribution in [2.45, 2.75) is 56.3 Å². The number of aliphatic hydroxyl groups is 1. The Kier molecular flexibility index (Phi) is 7.60. The van der Waals surface area contributed by atoms with Gasteiger partial charge in [-0.3, -0.25) is 4.99 Å². The van der Waals surface area contributed by atoms with Gasteiger partial charge in [-0.15, -0.1) is 24.0 Å². The molecule has 124 valence electrons. The largest absolute Gasteiger partial charge is 0.388 e. The summed E-state index contributed by atoms with van der Waals surface area (Å²) < 4.78 is 0.275. The van der Waals surface area contributed by atoms with Crippen LogP contribution in [0.1, 0.15) is 46.0 Å². The third-order valence-corrected chi connectivity index (χ3v) is 5.59. The summed E-state index contributed by atoms with van der Waals surface area (Å²) in [5.41, 5.74) is -0.533. The minimum atomic E-state index is -0.533. The molecule has 4 nitrogen and oxygen atoms in total. The maximum atomic E-state index is 10.6. The van der Waals surface area contributed by atoms with Crippen molar-refractivity contribution in [3.63, 3.8) is 0 Å². The van der Waals surface area contributed by atoms with Crippen LogP contribution in [0.4, 0.5) is 0 Å². The highest BCUT2D eigenvalue weighted by molar-refractivity contribution is 14.0. The van der Waals surface area contributed by atoms with E-state index in [2.05, 4.69) is 29.1 Å². The Balaban J connectivity index is 0.00000220. The summed E-state index contributed by atoms with van der Waals surface area (Å²) in [6, 6.07) is 0. The third-order valence-electron chi connectivity index (χ3n) is 4.30. The van der Waals surface area contributed by atoms with Crippen LogP contribution in [0.3, 0.4) is 0 Å². The zero-order valence-corrected chi connectivity index (χ0v) is 16.7. The van der Waals surface area contributed by atoms with E-state index in [9.17, 15) is 5.11 Å². The van der Waals surface area contributed by atoms with Crippen LogP contribution in [-0.4, -0.2) is 58.7 Å². The summed E-state index contributed by atoms with van der Waals surface area (Å²) >= 11 is 2.02. The van der Waals surface area contributed by atoms with Gasteiger partial charge < -0.3 is 15.3 Å². The molecule has 0 bridgehead atoms. The molecule has 2 N–H and O–H groups in total. The van der Waals surface area contributed by atoms with Gasteiger partial charge in [-0.2, -0.15) is 11.8 Å². The van der Waals surface area contributed by atoms with Gasteiger partial charge >= 0.3 is 0 Å². The maximum absolute atomic E-state index is 10.6. The second kappa shape index (κ2) is 8.24. The normalized spacial score (nSPS) is 25.1. The van der Waals surface area contributed by atoms with Gasteiger partial charge in [-0.25, -0.2) is 0 Å². The van der Waals surface area contributed by atoms with E-state index in [1.165, 1.54) is 6.42 Å². The Hall–Kier alpha value is 0.310. The Labute approximate surface area is 150 Å². The van der Waals surface area contributed by atoms with Crippen molar-refractivity contribution in [1.82, 2.24) is 10.2 Å².